The molecule has 0 aliphatic carbocycles. The second-order valence-corrected chi connectivity index (χ2v) is 4.85. The highest BCUT2D eigenvalue weighted by Gasteiger charge is 2.41. The van der Waals surface area contributed by atoms with Gasteiger partial charge in [-0.1, -0.05) is 30.3 Å². The molecule has 0 radical (unpaired) electrons. The molecule has 20 heavy (non-hydrogen) atoms. The maximum Gasteiger partial charge on any atom is 0.410 e. The molecule has 1 amide bonds. The lowest BCUT2D eigenvalue weighted by Crippen LogP contribution is -2.56. The Morgan fingerprint density at radius 1 is 1.40 bits per heavy atom. The number of hydrogen-bond donors (Lipinski definition) is 1. The van der Waals surface area contributed by atoms with Gasteiger partial charge in [0.25, 0.3) is 0 Å². The van der Waals surface area contributed by atoms with Gasteiger partial charge in [-0.05, 0) is 12.5 Å². The van der Waals surface area contributed by atoms with Gasteiger partial charge in [0, 0.05) is 6.54 Å². The number of rotatable bonds is 3. The molecule has 1 aliphatic heterocycles. The van der Waals surface area contributed by atoms with Gasteiger partial charge in [0.05, 0.1) is 13.2 Å². The minimum absolute atomic E-state index is 0.0179. The van der Waals surface area contributed by atoms with Crippen molar-refractivity contribution in [1.82, 2.24) is 4.90 Å². The summed E-state index contributed by atoms with van der Waals surface area (Å²) in [5, 5.41) is 9.10. The van der Waals surface area contributed by atoms with Crippen LogP contribution in [0.2, 0.25) is 0 Å². The molecule has 6 heteroatoms. The standard InChI is InChI=1S/C14H17NO5/c1-14(12(16)17)10-15(7-8-20-14)13(18)19-9-11-5-3-2-4-6-11/h2-6H,7-10H2,1H3,(H,16,17)/t14-/m0/s1. The topological polar surface area (TPSA) is 76.1 Å². The number of benzene rings is 1. The molecule has 1 saturated heterocycles. The van der Waals surface area contributed by atoms with Crippen LogP contribution in [-0.2, 0) is 20.9 Å². The summed E-state index contributed by atoms with van der Waals surface area (Å²) in [5.74, 6) is -1.09. The Morgan fingerprint density at radius 2 is 2.10 bits per heavy atom. The lowest BCUT2D eigenvalue weighted by Gasteiger charge is -2.36. The summed E-state index contributed by atoms with van der Waals surface area (Å²) >= 11 is 0. The summed E-state index contributed by atoms with van der Waals surface area (Å²) in [4.78, 5) is 24.4. The van der Waals surface area contributed by atoms with Gasteiger partial charge in [-0.25, -0.2) is 9.59 Å². The number of carbonyl (C=O) groups excluding carboxylic acids is 1. The lowest BCUT2D eigenvalue weighted by molar-refractivity contribution is -0.172. The van der Waals surface area contributed by atoms with Crippen LogP contribution >= 0.6 is 0 Å². The molecule has 0 spiro atoms. The fourth-order valence-corrected chi connectivity index (χ4v) is 1.97. The van der Waals surface area contributed by atoms with E-state index in [1.807, 2.05) is 30.3 Å². The molecular weight excluding hydrogens is 262 g/mol. The Balaban J connectivity index is 1.91. The fraction of sp³-hybridized carbons (Fsp3) is 0.429. The van der Waals surface area contributed by atoms with Crippen LogP contribution in [0.3, 0.4) is 0 Å². The van der Waals surface area contributed by atoms with Crippen molar-refractivity contribution < 1.29 is 24.2 Å². The van der Waals surface area contributed by atoms with Crippen molar-refractivity contribution in [3.8, 4) is 0 Å². The summed E-state index contributed by atoms with van der Waals surface area (Å²) in [6.45, 7) is 2.11. The van der Waals surface area contributed by atoms with Gasteiger partial charge in [-0.15, -0.1) is 0 Å². The molecule has 0 bridgehead atoms. The number of ether oxygens (including phenoxy) is 2. The van der Waals surface area contributed by atoms with Crippen LogP contribution in [0.4, 0.5) is 4.79 Å². The first-order valence-electron chi connectivity index (χ1n) is 6.34. The molecule has 0 aromatic heterocycles. The monoisotopic (exact) mass is 279 g/mol. The fourth-order valence-electron chi connectivity index (χ4n) is 1.97. The highest BCUT2D eigenvalue weighted by atomic mass is 16.6. The van der Waals surface area contributed by atoms with Crippen molar-refractivity contribution in [2.24, 2.45) is 0 Å². The number of carbonyl (C=O) groups is 2. The van der Waals surface area contributed by atoms with Gasteiger partial charge in [-0.3, -0.25) is 0 Å². The van der Waals surface area contributed by atoms with E-state index in [0.717, 1.165) is 5.56 Å². The van der Waals surface area contributed by atoms with Gasteiger partial charge in [0.15, 0.2) is 5.60 Å². The molecule has 1 fully saturated rings. The predicted octanol–water partition coefficient (Wildman–Crippen LogP) is 1.50. The summed E-state index contributed by atoms with van der Waals surface area (Å²) in [6.07, 6.45) is -0.523. The first kappa shape index (κ1) is 14.3. The predicted molar refractivity (Wildman–Crippen MR) is 70.2 cm³/mol. The number of carboxylic acids is 1. The van der Waals surface area contributed by atoms with Crippen molar-refractivity contribution in [1.29, 1.82) is 0 Å². The van der Waals surface area contributed by atoms with Crippen molar-refractivity contribution in [3.05, 3.63) is 35.9 Å². The second kappa shape index (κ2) is 5.92. The smallest absolute Gasteiger partial charge is 0.410 e. The number of aliphatic carboxylic acids is 1. The van der Waals surface area contributed by atoms with Crippen LogP contribution in [0.15, 0.2) is 30.3 Å². The third-order valence-electron chi connectivity index (χ3n) is 3.19. The Bertz CT molecular complexity index is 490. The van der Waals surface area contributed by atoms with Crippen molar-refractivity contribution in [3.63, 3.8) is 0 Å². The van der Waals surface area contributed by atoms with E-state index >= 15 is 0 Å². The maximum atomic E-state index is 11.9. The molecule has 1 N–H and O–H groups in total. The normalized spacial score (nSPS) is 22.4. The molecule has 0 saturated carbocycles. The number of morpholine rings is 1. The zero-order valence-electron chi connectivity index (χ0n) is 11.2. The second-order valence-electron chi connectivity index (χ2n) is 4.85. The quantitative estimate of drug-likeness (QED) is 0.907. The van der Waals surface area contributed by atoms with Crippen LogP contribution in [0.5, 0.6) is 0 Å². The molecule has 2 rings (SSSR count). The molecule has 6 nitrogen and oxygen atoms in total. The SMILES string of the molecule is C[C@@]1(C(=O)O)CN(C(=O)OCc2ccccc2)CCO1. The van der Waals surface area contributed by atoms with E-state index in [4.69, 9.17) is 14.6 Å². The van der Waals surface area contributed by atoms with Gasteiger partial charge in [0.1, 0.15) is 6.61 Å². The van der Waals surface area contributed by atoms with E-state index < -0.39 is 17.7 Å². The highest BCUT2D eigenvalue weighted by Crippen LogP contribution is 2.18. The zero-order valence-corrected chi connectivity index (χ0v) is 11.2. The van der Waals surface area contributed by atoms with Crippen molar-refractivity contribution >= 4 is 12.1 Å². The number of hydrogen-bond acceptors (Lipinski definition) is 4. The number of amides is 1. The molecule has 1 aromatic carbocycles. The van der Waals surface area contributed by atoms with Crippen molar-refractivity contribution in [2.45, 2.75) is 19.1 Å². The Labute approximate surface area is 116 Å². The average Bonchev–Trinajstić information content (AvgIpc) is 2.46. The van der Waals surface area contributed by atoms with Gasteiger partial charge in [0.2, 0.25) is 0 Å². The summed E-state index contributed by atoms with van der Waals surface area (Å²) in [7, 11) is 0. The van der Waals surface area contributed by atoms with E-state index in [2.05, 4.69) is 0 Å². The van der Waals surface area contributed by atoms with Crippen LogP contribution < -0.4 is 0 Å². The van der Waals surface area contributed by atoms with Crippen LogP contribution in [0, 0.1) is 0 Å². The third kappa shape index (κ3) is 3.27. The molecular formula is C14H17NO5. The lowest BCUT2D eigenvalue weighted by atomic mass is 10.1. The molecule has 1 aliphatic rings. The van der Waals surface area contributed by atoms with Crippen LogP contribution in [0.25, 0.3) is 0 Å². The van der Waals surface area contributed by atoms with E-state index in [9.17, 15) is 9.59 Å². The van der Waals surface area contributed by atoms with Crippen LogP contribution in [-0.4, -0.2) is 47.4 Å². The molecule has 108 valence electrons. The van der Waals surface area contributed by atoms with E-state index in [-0.39, 0.29) is 19.8 Å². The van der Waals surface area contributed by atoms with Crippen molar-refractivity contribution in [2.75, 3.05) is 19.7 Å². The Kier molecular flexibility index (Phi) is 4.24. The van der Waals surface area contributed by atoms with Gasteiger partial charge in [-0.2, -0.15) is 0 Å². The molecule has 1 atom stereocenters. The number of carboxylic acid groups (broad SMARTS) is 1. The van der Waals surface area contributed by atoms with E-state index in [1.54, 1.807) is 0 Å². The highest BCUT2D eigenvalue weighted by molar-refractivity contribution is 5.79. The Hall–Kier alpha value is -2.08. The van der Waals surface area contributed by atoms with Gasteiger partial charge >= 0.3 is 12.1 Å². The Morgan fingerprint density at radius 3 is 2.75 bits per heavy atom. The summed E-state index contributed by atoms with van der Waals surface area (Å²) in [5.41, 5.74) is -0.487. The summed E-state index contributed by atoms with van der Waals surface area (Å²) in [6, 6.07) is 9.31. The molecule has 1 heterocycles. The van der Waals surface area contributed by atoms with Crippen LogP contribution in [0.1, 0.15) is 12.5 Å². The average molecular weight is 279 g/mol. The van der Waals surface area contributed by atoms with Gasteiger partial charge < -0.3 is 19.5 Å². The summed E-state index contributed by atoms with van der Waals surface area (Å²) < 4.78 is 10.4. The molecule has 1 aromatic rings. The third-order valence-corrected chi connectivity index (χ3v) is 3.19. The van der Waals surface area contributed by atoms with E-state index in [1.165, 1.54) is 11.8 Å². The molecule has 0 unspecified atom stereocenters. The minimum atomic E-state index is -1.37. The maximum absolute atomic E-state index is 11.9. The minimum Gasteiger partial charge on any atom is -0.479 e. The number of nitrogens with zero attached hydrogens (tertiary/aromatic N) is 1. The largest absolute Gasteiger partial charge is 0.479 e. The zero-order chi connectivity index (χ0) is 14.6. The van der Waals surface area contributed by atoms with E-state index in [0.29, 0.717) is 6.54 Å². The first-order chi connectivity index (χ1) is 9.51. The first-order valence-corrected chi connectivity index (χ1v) is 6.34.